The molecule has 2 aromatic carbocycles. The molecule has 0 saturated heterocycles. The fourth-order valence-corrected chi connectivity index (χ4v) is 4.25. The van der Waals surface area contributed by atoms with Crippen LogP contribution in [0.15, 0.2) is 79.6 Å². The smallest absolute Gasteiger partial charge is 0.247 e. The number of hydrogen-bond donors (Lipinski definition) is 4. The molecule has 0 aliphatic heterocycles. The molecule has 3 heterocycles. The Hall–Kier alpha value is -4.56. The molecule has 7 nitrogen and oxygen atoms in total. The largest absolute Gasteiger partial charge is 0.396 e. The van der Waals surface area contributed by atoms with Crippen LogP contribution in [-0.4, -0.2) is 37.6 Å². The minimum atomic E-state index is -0.320. The molecule has 3 aromatic heterocycles. The number of pyridine rings is 1. The third-order valence-electron chi connectivity index (χ3n) is 5.91. The van der Waals surface area contributed by atoms with Gasteiger partial charge >= 0.3 is 0 Å². The van der Waals surface area contributed by atoms with Gasteiger partial charge in [0.05, 0.1) is 11.4 Å². The zero-order valence-corrected chi connectivity index (χ0v) is 19.4. The van der Waals surface area contributed by atoms with E-state index >= 15 is 0 Å². The summed E-state index contributed by atoms with van der Waals surface area (Å²) in [5.74, 6) is 0.124. The van der Waals surface area contributed by atoms with Crippen molar-refractivity contribution in [1.29, 1.82) is 0 Å². The molecule has 0 atom stereocenters. The quantitative estimate of drug-likeness (QED) is 0.220. The summed E-state index contributed by atoms with van der Waals surface area (Å²) in [5.41, 5.74) is 6.25. The molecule has 1 amide bonds. The van der Waals surface area contributed by atoms with Crippen LogP contribution in [0.3, 0.4) is 0 Å². The summed E-state index contributed by atoms with van der Waals surface area (Å²) in [6.07, 6.45) is 5.98. The van der Waals surface area contributed by atoms with Gasteiger partial charge in [-0.3, -0.25) is 4.79 Å². The van der Waals surface area contributed by atoms with Crippen LogP contribution in [0, 0.1) is 5.82 Å². The van der Waals surface area contributed by atoms with Gasteiger partial charge < -0.3 is 20.4 Å². The van der Waals surface area contributed by atoms with Crippen molar-refractivity contribution < 1.29 is 14.3 Å². The number of amides is 1. The Bertz CT molecular complexity index is 1550. The lowest BCUT2D eigenvalue weighted by Gasteiger charge is -2.09. The first kappa shape index (κ1) is 23.2. The van der Waals surface area contributed by atoms with Gasteiger partial charge in [0, 0.05) is 53.2 Å². The number of nitrogens with zero attached hydrogens (tertiary/aromatic N) is 2. The molecule has 0 radical (unpaired) electrons. The molecule has 5 aromatic rings. The Morgan fingerprint density at radius 3 is 2.72 bits per heavy atom. The Balaban J connectivity index is 1.68. The molecule has 36 heavy (non-hydrogen) atoms. The maximum atomic E-state index is 13.6. The average molecular weight is 482 g/mol. The van der Waals surface area contributed by atoms with Crippen molar-refractivity contribution in [3.63, 3.8) is 0 Å². The van der Waals surface area contributed by atoms with Gasteiger partial charge in [-0.05, 0) is 60.5 Å². The fraction of sp³-hybridized carbons (Fsp3) is 0.107. The van der Waals surface area contributed by atoms with E-state index in [0.29, 0.717) is 29.9 Å². The lowest BCUT2D eigenvalue weighted by Crippen LogP contribution is -2.06. The maximum absolute atomic E-state index is 13.6. The molecule has 8 heteroatoms. The number of fused-ring (bicyclic) bond motifs is 1. The highest BCUT2D eigenvalue weighted by atomic mass is 19.1. The van der Waals surface area contributed by atoms with Crippen LogP contribution in [0.25, 0.3) is 44.7 Å². The number of rotatable bonds is 8. The van der Waals surface area contributed by atoms with Crippen molar-refractivity contribution in [2.75, 3.05) is 11.9 Å². The van der Waals surface area contributed by atoms with Crippen molar-refractivity contribution in [1.82, 2.24) is 19.9 Å². The van der Waals surface area contributed by atoms with Gasteiger partial charge in [0.1, 0.15) is 17.3 Å². The number of imidazole rings is 1. The van der Waals surface area contributed by atoms with E-state index in [-0.39, 0.29) is 18.3 Å². The molecule has 0 bridgehead atoms. The predicted molar refractivity (Wildman–Crippen MR) is 139 cm³/mol. The van der Waals surface area contributed by atoms with E-state index in [4.69, 9.17) is 4.98 Å². The highest BCUT2D eigenvalue weighted by Crippen LogP contribution is 2.39. The molecule has 4 N–H and O–H groups in total. The first-order chi connectivity index (χ1) is 17.6. The highest BCUT2D eigenvalue weighted by molar-refractivity contribution is 6.06. The molecule has 0 saturated carbocycles. The number of aromatic nitrogens is 4. The van der Waals surface area contributed by atoms with Crippen LogP contribution in [0.5, 0.6) is 0 Å². The first-order valence-electron chi connectivity index (χ1n) is 11.5. The van der Waals surface area contributed by atoms with Gasteiger partial charge in [0.25, 0.3) is 0 Å². The highest BCUT2D eigenvalue weighted by Gasteiger charge is 2.20. The molecule has 0 aliphatic rings. The number of anilines is 1. The monoisotopic (exact) mass is 481 g/mol. The van der Waals surface area contributed by atoms with Crippen LogP contribution in [-0.2, 0) is 11.2 Å². The summed E-state index contributed by atoms with van der Waals surface area (Å²) in [4.78, 5) is 27.8. The van der Waals surface area contributed by atoms with Crippen molar-refractivity contribution in [2.24, 2.45) is 0 Å². The third-order valence-corrected chi connectivity index (χ3v) is 5.91. The van der Waals surface area contributed by atoms with Gasteiger partial charge in [-0.15, -0.1) is 0 Å². The van der Waals surface area contributed by atoms with Crippen LogP contribution in [0.4, 0.5) is 10.1 Å². The van der Waals surface area contributed by atoms with Crippen molar-refractivity contribution >= 4 is 22.6 Å². The molecular weight excluding hydrogens is 457 g/mol. The van der Waals surface area contributed by atoms with Gasteiger partial charge in [-0.25, -0.2) is 14.4 Å². The Kier molecular flexibility index (Phi) is 6.42. The van der Waals surface area contributed by atoms with Crippen LogP contribution >= 0.6 is 0 Å². The fourth-order valence-electron chi connectivity index (χ4n) is 4.25. The summed E-state index contributed by atoms with van der Waals surface area (Å²) in [7, 11) is 0. The molecule has 0 unspecified atom stereocenters. The number of benzene rings is 2. The lowest BCUT2D eigenvalue weighted by atomic mass is 9.98. The molecule has 5 rings (SSSR count). The molecule has 0 spiro atoms. The number of hydrogen-bond acceptors (Lipinski definition) is 4. The number of aryl methyl sites for hydroxylation is 1. The summed E-state index contributed by atoms with van der Waals surface area (Å²) in [5, 5.41) is 13.0. The SMILES string of the molecule is C=CC(=O)Nc1cccc(-c2c[nH]c3nccc(-c4[nH]c(CCCO)nc4-c4ccc(F)cc4)c23)c1. The van der Waals surface area contributed by atoms with E-state index in [1.165, 1.54) is 18.2 Å². The Morgan fingerprint density at radius 1 is 1.11 bits per heavy atom. The van der Waals surface area contributed by atoms with Crippen LogP contribution in [0.2, 0.25) is 0 Å². The van der Waals surface area contributed by atoms with Crippen molar-refractivity contribution in [3.05, 3.63) is 91.3 Å². The van der Waals surface area contributed by atoms with E-state index in [0.717, 1.165) is 39.2 Å². The summed E-state index contributed by atoms with van der Waals surface area (Å²) >= 11 is 0. The minimum Gasteiger partial charge on any atom is -0.396 e. The minimum absolute atomic E-state index is 0.0576. The molecular formula is C28H24FN5O2. The van der Waals surface area contributed by atoms with E-state index in [9.17, 15) is 14.3 Å². The number of carbonyl (C=O) groups is 1. The second-order valence-corrected chi connectivity index (χ2v) is 8.30. The van der Waals surface area contributed by atoms with Crippen molar-refractivity contribution in [3.8, 4) is 33.6 Å². The number of carbonyl (C=O) groups excluding carboxylic acids is 1. The van der Waals surface area contributed by atoms with E-state index < -0.39 is 0 Å². The number of nitrogens with one attached hydrogen (secondary N) is 3. The van der Waals surface area contributed by atoms with Gasteiger partial charge in [0.2, 0.25) is 5.91 Å². The van der Waals surface area contributed by atoms with E-state index in [1.54, 1.807) is 18.3 Å². The Labute approximate surface area is 206 Å². The van der Waals surface area contributed by atoms with Crippen LogP contribution in [0.1, 0.15) is 12.2 Å². The number of aliphatic hydroxyl groups is 1. The summed E-state index contributed by atoms with van der Waals surface area (Å²) < 4.78 is 13.6. The molecule has 0 aliphatic carbocycles. The lowest BCUT2D eigenvalue weighted by molar-refractivity contribution is -0.111. The second-order valence-electron chi connectivity index (χ2n) is 8.30. The van der Waals surface area contributed by atoms with Gasteiger partial charge in [-0.1, -0.05) is 18.7 Å². The summed E-state index contributed by atoms with van der Waals surface area (Å²) in [6.45, 7) is 3.56. The first-order valence-corrected chi connectivity index (χ1v) is 11.5. The Morgan fingerprint density at radius 2 is 1.94 bits per heavy atom. The normalized spacial score (nSPS) is 11.1. The number of aromatic amines is 2. The van der Waals surface area contributed by atoms with Crippen LogP contribution < -0.4 is 5.32 Å². The average Bonchev–Trinajstić information content (AvgIpc) is 3.53. The number of H-pyrrole nitrogens is 2. The van der Waals surface area contributed by atoms with E-state index in [2.05, 4.69) is 26.8 Å². The molecule has 180 valence electrons. The number of aliphatic hydroxyl groups excluding tert-OH is 1. The number of halogens is 1. The standard InChI is InChI=1S/C28H24FN5O2/c1-2-24(36)32-20-6-3-5-18(15-20)22-16-31-28-25(22)21(12-13-30-28)27-26(17-8-10-19(29)11-9-17)33-23(34-27)7-4-14-35/h2-3,5-6,8-13,15-16,35H,1,4,7,14H2,(H,30,31)(H,32,36)(H,33,34). The third kappa shape index (κ3) is 4.54. The topological polar surface area (TPSA) is 107 Å². The predicted octanol–water partition coefficient (Wildman–Crippen LogP) is 5.48. The zero-order chi connectivity index (χ0) is 25.1. The maximum Gasteiger partial charge on any atom is 0.247 e. The summed E-state index contributed by atoms with van der Waals surface area (Å²) in [6, 6.07) is 15.7. The van der Waals surface area contributed by atoms with Gasteiger partial charge in [0.15, 0.2) is 0 Å². The second kappa shape index (κ2) is 9.97. The van der Waals surface area contributed by atoms with E-state index in [1.807, 2.05) is 36.5 Å². The van der Waals surface area contributed by atoms with Gasteiger partial charge in [-0.2, -0.15) is 0 Å². The molecule has 0 fully saturated rings. The van der Waals surface area contributed by atoms with Crippen molar-refractivity contribution in [2.45, 2.75) is 12.8 Å². The zero-order valence-electron chi connectivity index (χ0n) is 19.4.